The highest BCUT2D eigenvalue weighted by Gasteiger charge is 2.39. The van der Waals surface area contributed by atoms with Crippen LogP contribution >= 0.6 is 0 Å². The summed E-state index contributed by atoms with van der Waals surface area (Å²) in [5.74, 6) is 0. The van der Waals surface area contributed by atoms with Crippen LogP contribution in [0.5, 0.6) is 0 Å². The van der Waals surface area contributed by atoms with Gasteiger partial charge in [0, 0.05) is 30.2 Å². The number of piperidine rings is 1. The lowest BCUT2D eigenvalue weighted by molar-refractivity contribution is -0.0108. The van der Waals surface area contributed by atoms with Crippen LogP contribution in [0, 0.1) is 0 Å². The Bertz CT molecular complexity index is 278. The Balaban J connectivity index is 1.93. The van der Waals surface area contributed by atoms with Gasteiger partial charge in [-0.25, -0.2) is 0 Å². The maximum absolute atomic E-state index is 2.74. The highest BCUT2D eigenvalue weighted by molar-refractivity contribution is 4.95. The summed E-state index contributed by atoms with van der Waals surface area (Å²) in [5, 5.41) is 0. The molecule has 2 nitrogen and oxygen atoms in total. The second-order valence-corrected chi connectivity index (χ2v) is 8.06. The molecule has 2 fully saturated rings. The average molecular weight is 266 g/mol. The average Bonchev–Trinajstić information content (AvgIpc) is 2.38. The van der Waals surface area contributed by atoms with E-state index in [1.807, 2.05) is 0 Å². The summed E-state index contributed by atoms with van der Waals surface area (Å²) in [4.78, 5) is 5.40. The Hall–Kier alpha value is -0.0800. The molecule has 1 aliphatic carbocycles. The fraction of sp³-hybridized carbons (Fsp3) is 1.00. The van der Waals surface area contributed by atoms with Crippen LogP contribution < -0.4 is 0 Å². The van der Waals surface area contributed by atoms with Crippen LogP contribution in [0.1, 0.15) is 72.6 Å². The summed E-state index contributed by atoms with van der Waals surface area (Å²) in [7, 11) is 2.39. The van der Waals surface area contributed by atoms with E-state index in [4.69, 9.17) is 0 Å². The van der Waals surface area contributed by atoms with Crippen LogP contribution in [0.2, 0.25) is 0 Å². The molecule has 0 spiro atoms. The van der Waals surface area contributed by atoms with Crippen LogP contribution in [-0.4, -0.2) is 47.1 Å². The second-order valence-electron chi connectivity index (χ2n) is 8.06. The quantitative estimate of drug-likeness (QED) is 0.748. The third-order valence-electron chi connectivity index (χ3n) is 5.76. The molecule has 0 N–H and O–H groups in total. The maximum atomic E-state index is 2.74. The lowest BCUT2D eigenvalue weighted by Crippen LogP contribution is -2.58. The van der Waals surface area contributed by atoms with Crippen molar-refractivity contribution >= 4 is 0 Å². The summed E-state index contributed by atoms with van der Waals surface area (Å²) < 4.78 is 0. The highest BCUT2D eigenvalue weighted by Crippen LogP contribution is 2.35. The van der Waals surface area contributed by atoms with Crippen LogP contribution in [0.25, 0.3) is 0 Å². The zero-order valence-electron chi connectivity index (χ0n) is 13.8. The Morgan fingerprint density at radius 1 is 1.00 bits per heavy atom. The Morgan fingerprint density at radius 3 is 2.00 bits per heavy atom. The number of hydrogen-bond acceptors (Lipinski definition) is 2. The second kappa shape index (κ2) is 5.73. The van der Waals surface area contributed by atoms with E-state index >= 15 is 0 Å². The fourth-order valence-corrected chi connectivity index (χ4v) is 3.92. The lowest BCUT2D eigenvalue weighted by atomic mass is 9.83. The van der Waals surface area contributed by atoms with Gasteiger partial charge < -0.3 is 0 Å². The third kappa shape index (κ3) is 3.52. The minimum atomic E-state index is 0.338. The van der Waals surface area contributed by atoms with Gasteiger partial charge in [0.05, 0.1) is 0 Å². The van der Waals surface area contributed by atoms with Gasteiger partial charge in [-0.05, 0) is 60.4 Å². The molecule has 0 aromatic carbocycles. The number of hydrogen-bond donors (Lipinski definition) is 0. The molecule has 0 atom stereocenters. The Labute approximate surface area is 120 Å². The van der Waals surface area contributed by atoms with E-state index in [0.717, 1.165) is 6.04 Å². The molecule has 0 bridgehead atoms. The van der Waals surface area contributed by atoms with Gasteiger partial charge in [0.25, 0.3) is 0 Å². The topological polar surface area (TPSA) is 6.48 Å². The summed E-state index contributed by atoms with van der Waals surface area (Å²) in [5.41, 5.74) is 0.772. The normalized spacial score (nSPS) is 26.8. The predicted molar refractivity (Wildman–Crippen MR) is 83.6 cm³/mol. The Kier molecular flexibility index (Phi) is 4.62. The first-order valence-corrected chi connectivity index (χ1v) is 8.31. The van der Waals surface area contributed by atoms with Gasteiger partial charge in [-0.2, -0.15) is 0 Å². The minimum absolute atomic E-state index is 0.338. The van der Waals surface area contributed by atoms with Gasteiger partial charge in [0.15, 0.2) is 0 Å². The first kappa shape index (κ1) is 15.3. The molecule has 1 saturated carbocycles. The van der Waals surface area contributed by atoms with Gasteiger partial charge in [-0.3, -0.25) is 9.80 Å². The van der Waals surface area contributed by atoms with Gasteiger partial charge >= 0.3 is 0 Å². The van der Waals surface area contributed by atoms with Crippen molar-refractivity contribution in [1.82, 2.24) is 9.80 Å². The van der Waals surface area contributed by atoms with E-state index in [-0.39, 0.29) is 0 Å². The van der Waals surface area contributed by atoms with Crippen molar-refractivity contribution in [2.75, 3.05) is 20.1 Å². The number of rotatable bonds is 2. The standard InChI is InChI=1S/C17H34N2/c1-16(2,3)19-13-11-17(4,12-14-19)18(5)15-9-7-6-8-10-15/h15H,6-14H2,1-5H3. The van der Waals surface area contributed by atoms with Crippen molar-refractivity contribution in [2.45, 2.75) is 89.8 Å². The predicted octanol–water partition coefficient (Wildman–Crippen LogP) is 3.90. The SMILES string of the molecule is CN(C1CCCCC1)C1(C)CCN(C(C)(C)C)CC1. The van der Waals surface area contributed by atoms with Crippen molar-refractivity contribution in [3.8, 4) is 0 Å². The molecule has 2 aliphatic rings. The molecule has 0 unspecified atom stereocenters. The van der Waals surface area contributed by atoms with E-state index in [9.17, 15) is 0 Å². The van der Waals surface area contributed by atoms with E-state index in [2.05, 4.69) is 44.5 Å². The summed E-state index contributed by atoms with van der Waals surface area (Å²) in [6.07, 6.45) is 9.86. The zero-order chi connectivity index (χ0) is 14.1. The minimum Gasteiger partial charge on any atom is -0.298 e. The molecule has 0 radical (unpaired) electrons. The molecular weight excluding hydrogens is 232 g/mol. The van der Waals surface area contributed by atoms with Gasteiger partial charge in [-0.15, -0.1) is 0 Å². The maximum Gasteiger partial charge on any atom is 0.0205 e. The van der Waals surface area contributed by atoms with Gasteiger partial charge in [0.1, 0.15) is 0 Å². The number of nitrogens with zero attached hydrogens (tertiary/aromatic N) is 2. The fourth-order valence-electron chi connectivity index (χ4n) is 3.92. The van der Waals surface area contributed by atoms with Crippen molar-refractivity contribution in [3.63, 3.8) is 0 Å². The van der Waals surface area contributed by atoms with Crippen LogP contribution in [0.4, 0.5) is 0 Å². The monoisotopic (exact) mass is 266 g/mol. The van der Waals surface area contributed by atoms with Crippen molar-refractivity contribution in [2.24, 2.45) is 0 Å². The summed E-state index contributed by atoms with van der Waals surface area (Å²) in [6.45, 7) is 12.1. The van der Waals surface area contributed by atoms with Crippen molar-refractivity contribution in [3.05, 3.63) is 0 Å². The van der Waals surface area contributed by atoms with Gasteiger partial charge in [-0.1, -0.05) is 19.3 Å². The number of likely N-dealkylation sites (tertiary alicyclic amines) is 1. The lowest BCUT2D eigenvalue weighted by Gasteiger charge is -2.51. The van der Waals surface area contributed by atoms with Crippen LogP contribution in [-0.2, 0) is 0 Å². The Morgan fingerprint density at radius 2 is 1.53 bits per heavy atom. The van der Waals surface area contributed by atoms with E-state index in [1.54, 1.807) is 0 Å². The third-order valence-corrected chi connectivity index (χ3v) is 5.76. The van der Waals surface area contributed by atoms with E-state index in [0.29, 0.717) is 11.1 Å². The van der Waals surface area contributed by atoms with E-state index < -0.39 is 0 Å². The molecule has 0 aromatic heterocycles. The first-order valence-electron chi connectivity index (χ1n) is 8.31. The molecular formula is C17H34N2. The molecule has 1 saturated heterocycles. The molecule has 2 rings (SSSR count). The first-order chi connectivity index (χ1) is 8.83. The molecule has 112 valence electrons. The molecule has 1 aliphatic heterocycles. The molecule has 1 heterocycles. The molecule has 2 heteroatoms. The molecule has 0 aromatic rings. The van der Waals surface area contributed by atoms with E-state index in [1.165, 1.54) is 58.0 Å². The van der Waals surface area contributed by atoms with Crippen LogP contribution in [0.3, 0.4) is 0 Å². The zero-order valence-corrected chi connectivity index (χ0v) is 13.8. The van der Waals surface area contributed by atoms with Crippen molar-refractivity contribution in [1.29, 1.82) is 0 Å². The summed E-state index contributed by atoms with van der Waals surface area (Å²) >= 11 is 0. The van der Waals surface area contributed by atoms with Crippen molar-refractivity contribution < 1.29 is 0 Å². The highest BCUT2D eigenvalue weighted by atomic mass is 15.3. The van der Waals surface area contributed by atoms with Crippen LogP contribution in [0.15, 0.2) is 0 Å². The molecule has 0 amide bonds. The van der Waals surface area contributed by atoms with Gasteiger partial charge in [0.2, 0.25) is 0 Å². The molecule has 19 heavy (non-hydrogen) atoms. The smallest absolute Gasteiger partial charge is 0.0205 e. The largest absolute Gasteiger partial charge is 0.298 e. The summed E-state index contributed by atoms with van der Waals surface area (Å²) in [6, 6.07) is 0.847.